The van der Waals surface area contributed by atoms with Crippen LogP contribution in [0.15, 0.2) is 35.9 Å². The van der Waals surface area contributed by atoms with Crippen LogP contribution < -0.4 is 5.73 Å². The first-order valence-electron chi connectivity index (χ1n) is 5.17. The molecule has 0 aliphatic carbocycles. The topological polar surface area (TPSA) is 26.0 Å². The van der Waals surface area contributed by atoms with E-state index in [1.165, 1.54) is 11.1 Å². The summed E-state index contributed by atoms with van der Waals surface area (Å²) < 4.78 is 0. The van der Waals surface area contributed by atoms with Crippen molar-refractivity contribution in [3.8, 4) is 0 Å². The molecule has 0 aromatic heterocycles. The van der Waals surface area contributed by atoms with Crippen LogP contribution in [0.1, 0.15) is 25.8 Å². The normalized spacial score (nSPS) is 12.1. The number of rotatable bonds is 4. The Balaban J connectivity index is 2.73. The van der Waals surface area contributed by atoms with Gasteiger partial charge in [-0.05, 0) is 17.9 Å². The Hall–Kier alpha value is -1.08. The minimum atomic E-state index is 0.660. The standard InChI is InChI=1S/C13H19N/c1-11(2)8-13(10-14)9-12-6-4-3-5-7-12/h3-7,9,11H,8,10,14H2,1-2H3. The molecule has 2 N–H and O–H groups in total. The average molecular weight is 189 g/mol. The molecule has 0 aliphatic rings. The van der Waals surface area contributed by atoms with Gasteiger partial charge in [0.1, 0.15) is 0 Å². The lowest BCUT2D eigenvalue weighted by Crippen LogP contribution is -2.05. The van der Waals surface area contributed by atoms with Crippen LogP contribution in [-0.2, 0) is 0 Å². The van der Waals surface area contributed by atoms with Crippen LogP contribution in [-0.4, -0.2) is 6.54 Å². The fraction of sp³-hybridized carbons (Fsp3) is 0.385. The van der Waals surface area contributed by atoms with E-state index in [2.05, 4.69) is 44.2 Å². The monoisotopic (exact) mass is 189 g/mol. The Labute approximate surface area is 86.6 Å². The summed E-state index contributed by atoms with van der Waals surface area (Å²) in [5, 5.41) is 0. The molecule has 1 aromatic carbocycles. The summed E-state index contributed by atoms with van der Waals surface area (Å²) in [6, 6.07) is 10.3. The summed E-state index contributed by atoms with van der Waals surface area (Å²) >= 11 is 0. The van der Waals surface area contributed by atoms with Gasteiger partial charge in [-0.25, -0.2) is 0 Å². The van der Waals surface area contributed by atoms with Crippen LogP contribution in [0.4, 0.5) is 0 Å². The van der Waals surface area contributed by atoms with Gasteiger partial charge < -0.3 is 5.73 Å². The Kier molecular flexibility index (Phi) is 4.41. The number of nitrogens with two attached hydrogens (primary N) is 1. The van der Waals surface area contributed by atoms with Gasteiger partial charge in [0.25, 0.3) is 0 Å². The van der Waals surface area contributed by atoms with Gasteiger partial charge in [0.2, 0.25) is 0 Å². The molecule has 0 saturated carbocycles. The molecule has 0 aliphatic heterocycles. The number of benzene rings is 1. The second kappa shape index (κ2) is 5.61. The van der Waals surface area contributed by atoms with Crippen molar-refractivity contribution in [2.24, 2.45) is 11.7 Å². The van der Waals surface area contributed by atoms with E-state index >= 15 is 0 Å². The zero-order valence-electron chi connectivity index (χ0n) is 9.03. The molecule has 1 nitrogen and oxygen atoms in total. The second-order valence-corrected chi connectivity index (χ2v) is 4.02. The van der Waals surface area contributed by atoms with Gasteiger partial charge in [-0.3, -0.25) is 0 Å². The summed E-state index contributed by atoms with van der Waals surface area (Å²) in [5.74, 6) is 0.675. The molecule has 0 saturated heterocycles. The number of hydrogen-bond acceptors (Lipinski definition) is 1. The highest BCUT2D eigenvalue weighted by Gasteiger charge is 1.99. The summed E-state index contributed by atoms with van der Waals surface area (Å²) in [6.07, 6.45) is 3.28. The van der Waals surface area contributed by atoms with Crippen LogP contribution in [0, 0.1) is 5.92 Å². The molecule has 0 amide bonds. The summed E-state index contributed by atoms with van der Waals surface area (Å²) in [6.45, 7) is 5.09. The van der Waals surface area contributed by atoms with E-state index in [9.17, 15) is 0 Å². The molecule has 76 valence electrons. The Morgan fingerprint density at radius 3 is 2.43 bits per heavy atom. The van der Waals surface area contributed by atoms with E-state index in [4.69, 9.17) is 5.73 Å². The fourth-order valence-corrected chi connectivity index (χ4v) is 1.51. The van der Waals surface area contributed by atoms with Crippen LogP contribution >= 0.6 is 0 Å². The molecule has 14 heavy (non-hydrogen) atoms. The Bertz CT molecular complexity index is 285. The van der Waals surface area contributed by atoms with Crippen LogP contribution in [0.3, 0.4) is 0 Å². The van der Waals surface area contributed by atoms with Gasteiger partial charge in [0.15, 0.2) is 0 Å². The van der Waals surface area contributed by atoms with Gasteiger partial charge in [0.05, 0.1) is 0 Å². The third-order valence-electron chi connectivity index (χ3n) is 2.10. The van der Waals surface area contributed by atoms with Gasteiger partial charge in [0, 0.05) is 6.54 Å². The Morgan fingerprint density at radius 2 is 1.93 bits per heavy atom. The molecule has 0 fully saturated rings. The van der Waals surface area contributed by atoms with Crippen LogP contribution in [0.2, 0.25) is 0 Å². The van der Waals surface area contributed by atoms with E-state index < -0.39 is 0 Å². The molecule has 0 atom stereocenters. The van der Waals surface area contributed by atoms with Crippen molar-refractivity contribution in [3.63, 3.8) is 0 Å². The van der Waals surface area contributed by atoms with Crippen molar-refractivity contribution in [1.29, 1.82) is 0 Å². The molecule has 1 heteroatoms. The lowest BCUT2D eigenvalue weighted by atomic mass is 10.0. The molecule has 0 spiro atoms. The maximum atomic E-state index is 5.70. The predicted octanol–water partition coefficient (Wildman–Crippen LogP) is 3.07. The van der Waals surface area contributed by atoms with Gasteiger partial charge >= 0.3 is 0 Å². The molecular formula is C13H19N. The fourth-order valence-electron chi connectivity index (χ4n) is 1.51. The third kappa shape index (κ3) is 3.75. The molecule has 0 radical (unpaired) electrons. The van der Waals surface area contributed by atoms with Crippen molar-refractivity contribution in [3.05, 3.63) is 41.5 Å². The molecule has 0 unspecified atom stereocenters. The van der Waals surface area contributed by atoms with Crippen molar-refractivity contribution in [1.82, 2.24) is 0 Å². The first-order valence-corrected chi connectivity index (χ1v) is 5.17. The largest absolute Gasteiger partial charge is 0.327 e. The van der Waals surface area contributed by atoms with Crippen molar-refractivity contribution in [2.75, 3.05) is 6.54 Å². The van der Waals surface area contributed by atoms with Gasteiger partial charge in [-0.1, -0.05) is 55.8 Å². The summed E-state index contributed by atoms with van der Waals surface area (Å²) in [5.41, 5.74) is 8.27. The van der Waals surface area contributed by atoms with Gasteiger partial charge in [-0.15, -0.1) is 0 Å². The molecular weight excluding hydrogens is 170 g/mol. The van der Waals surface area contributed by atoms with E-state index in [1.54, 1.807) is 0 Å². The first kappa shape index (κ1) is 11.0. The lowest BCUT2D eigenvalue weighted by Gasteiger charge is -2.07. The van der Waals surface area contributed by atoms with Crippen molar-refractivity contribution in [2.45, 2.75) is 20.3 Å². The van der Waals surface area contributed by atoms with Crippen molar-refractivity contribution >= 4 is 6.08 Å². The van der Waals surface area contributed by atoms with E-state index in [0.29, 0.717) is 12.5 Å². The van der Waals surface area contributed by atoms with Crippen LogP contribution in [0.25, 0.3) is 6.08 Å². The highest BCUT2D eigenvalue weighted by molar-refractivity contribution is 5.52. The zero-order chi connectivity index (χ0) is 10.4. The molecule has 1 aromatic rings. The molecule has 1 rings (SSSR count). The minimum Gasteiger partial charge on any atom is -0.327 e. The van der Waals surface area contributed by atoms with E-state index in [0.717, 1.165) is 6.42 Å². The molecule has 0 heterocycles. The summed E-state index contributed by atoms with van der Waals surface area (Å²) in [4.78, 5) is 0. The van der Waals surface area contributed by atoms with Gasteiger partial charge in [-0.2, -0.15) is 0 Å². The third-order valence-corrected chi connectivity index (χ3v) is 2.10. The quantitative estimate of drug-likeness (QED) is 0.774. The maximum Gasteiger partial charge on any atom is 0.0140 e. The maximum absolute atomic E-state index is 5.70. The highest BCUT2D eigenvalue weighted by Crippen LogP contribution is 2.13. The summed E-state index contributed by atoms with van der Waals surface area (Å²) in [7, 11) is 0. The lowest BCUT2D eigenvalue weighted by molar-refractivity contribution is 0.638. The first-order chi connectivity index (χ1) is 6.72. The average Bonchev–Trinajstić information content (AvgIpc) is 2.17. The van der Waals surface area contributed by atoms with Crippen molar-refractivity contribution < 1.29 is 0 Å². The SMILES string of the molecule is CC(C)CC(=Cc1ccccc1)CN. The van der Waals surface area contributed by atoms with Crippen LogP contribution in [0.5, 0.6) is 0 Å². The molecule has 0 bridgehead atoms. The Morgan fingerprint density at radius 1 is 1.29 bits per heavy atom. The zero-order valence-corrected chi connectivity index (χ0v) is 9.03. The number of hydrogen-bond donors (Lipinski definition) is 1. The second-order valence-electron chi connectivity index (χ2n) is 4.02. The van der Waals surface area contributed by atoms with E-state index in [-0.39, 0.29) is 0 Å². The van der Waals surface area contributed by atoms with E-state index in [1.807, 2.05) is 6.07 Å². The predicted molar refractivity (Wildman–Crippen MR) is 62.9 cm³/mol. The minimum absolute atomic E-state index is 0.660. The highest BCUT2D eigenvalue weighted by atomic mass is 14.5. The smallest absolute Gasteiger partial charge is 0.0140 e.